The molecule has 5 heteroatoms. The number of carbonyl (C=O) groups excluding carboxylic acids is 1. The zero-order chi connectivity index (χ0) is 17.7. The van der Waals surface area contributed by atoms with Gasteiger partial charge in [-0.25, -0.2) is 4.79 Å². The summed E-state index contributed by atoms with van der Waals surface area (Å²) in [6.45, 7) is 3.95. The van der Waals surface area contributed by atoms with Crippen LogP contribution in [-0.4, -0.2) is 17.0 Å². The molecule has 0 bridgehead atoms. The minimum atomic E-state index is -0.972. The number of benzene rings is 2. The van der Waals surface area contributed by atoms with Gasteiger partial charge in [0.2, 0.25) is 5.91 Å². The molecule has 0 spiro atoms. The van der Waals surface area contributed by atoms with Gasteiger partial charge in [-0.05, 0) is 37.1 Å². The van der Waals surface area contributed by atoms with Crippen molar-refractivity contribution in [2.45, 2.75) is 26.4 Å². The van der Waals surface area contributed by atoms with Crippen molar-refractivity contribution >= 4 is 11.9 Å². The largest absolute Gasteiger partial charge is 0.478 e. The Morgan fingerprint density at radius 2 is 1.67 bits per heavy atom. The summed E-state index contributed by atoms with van der Waals surface area (Å²) in [6, 6.07) is 15.5. The summed E-state index contributed by atoms with van der Waals surface area (Å²) < 4.78 is 0. The highest BCUT2D eigenvalue weighted by Gasteiger charge is 2.35. The molecule has 0 aliphatic rings. The van der Waals surface area contributed by atoms with Crippen LogP contribution in [0.2, 0.25) is 0 Å². The lowest BCUT2D eigenvalue weighted by Crippen LogP contribution is -2.43. The molecular weight excluding hydrogens is 304 g/mol. The average Bonchev–Trinajstić information content (AvgIpc) is 2.59. The van der Waals surface area contributed by atoms with Crippen LogP contribution in [0.25, 0.3) is 0 Å². The summed E-state index contributed by atoms with van der Waals surface area (Å²) in [7, 11) is 0. The molecular formula is C19H22N2O3. The molecule has 24 heavy (non-hydrogen) atoms. The van der Waals surface area contributed by atoms with E-state index in [1.54, 1.807) is 12.1 Å². The molecule has 1 unspecified atom stereocenters. The van der Waals surface area contributed by atoms with Crippen molar-refractivity contribution in [3.8, 4) is 0 Å². The summed E-state index contributed by atoms with van der Waals surface area (Å²) in [5.74, 6) is -1.12. The second-order valence-electron chi connectivity index (χ2n) is 6.29. The smallest absolute Gasteiger partial charge is 0.335 e. The van der Waals surface area contributed by atoms with Gasteiger partial charge >= 0.3 is 5.97 Å². The Kier molecular flexibility index (Phi) is 5.36. The van der Waals surface area contributed by atoms with E-state index in [0.717, 1.165) is 11.1 Å². The summed E-state index contributed by atoms with van der Waals surface area (Å²) in [5, 5.41) is 11.8. The number of carbonyl (C=O) groups is 2. The van der Waals surface area contributed by atoms with E-state index in [-0.39, 0.29) is 11.5 Å². The number of carboxylic acids is 1. The summed E-state index contributed by atoms with van der Waals surface area (Å²) in [6.07, 6.45) is 0. The third kappa shape index (κ3) is 4.00. The van der Waals surface area contributed by atoms with Crippen LogP contribution < -0.4 is 11.1 Å². The van der Waals surface area contributed by atoms with E-state index in [1.807, 2.05) is 44.2 Å². The van der Waals surface area contributed by atoms with E-state index in [9.17, 15) is 9.59 Å². The fraction of sp³-hybridized carbons (Fsp3) is 0.263. The Morgan fingerprint density at radius 3 is 2.21 bits per heavy atom. The minimum Gasteiger partial charge on any atom is -0.478 e. The fourth-order valence-corrected chi connectivity index (χ4v) is 2.39. The van der Waals surface area contributed by atoms with Crippen molar-refractivity contribution in [2.24, 2.45) is 11.1 Å². The third-order valence-corrected chi connectivity index (χ3v) is 4.18. The van der Waals surface area contributed by atoms with Crippen LogP contribution in [0.5, 0.6) is 0 Å². The number of amides is 1. The first kappa shape index (κ1) is 17.7. The Bertz CT molecular complexity index is 709. The number of nitrogens with one attached hydrogen (secondary N) is 1. The van der Waals surface area contributed by atoms with Crippen LogP contribution in [0.3, 0.4) is 0 Å². The van der Waals surface area contributed by atoms with Gasteiger partial charge in [-0.2, -0.15) is 0 Å². The maximum Gasteiger partial charge on any atom is 0.335 e. The lowest BCUT2D eigenvalue weighted by atomic mass is 9.80. The Morgan fingerprint density at radius 1 is 1.08 bits per heavy atom. The minimum absolute atomic E-state index is 0.152. The predicted octanol–water partition coefficient (Wildman–Crippen LogP) is 2.73. The molecule has 0 saturated carbocycles. The van der Waals surface area contributed by atoms with Gasteiger partial charge in [0.1, 0.15) is 0 Å². The van der Waals surface area contributed by atoms with Gasteiger partial charge in [-0.15, -0.1) is 0 Å². The molecule has 0 aliphatic heterocycles. The van der Waals surface area contributed by atoms with Crippen molar-refractivity contribution in [2.75, 3.05) is 0 Å². The fourth-order valence-electron chi connectivity index (χ4n) is 2.39. The van der Waals surface area contributed by atoms with E-state index in [2.05, 4.69) is 5.32 Å². The van der Waals surface area contributed by atoms with Crippen molar-refractivity contribution in [3.05, 3.63) is 71.3 Å². The molecule has 0 heterocycles. The molecule has 1 amide bonds. The van der Waals surface area contributed by atoms with Gasteiger partial charge in [0.15, 0.2) is 0 Å². The molecule has 0 aliphatic carbocycles. The number of hydrogen-bond donors (Lipinski definition) is 3. The maximum atomic E-state index is 12.5. The first-order valence-corrected chi connectivity index (χ1v) is 7.73. The quantitative estimate of drug-likeness (QED) is 0.761. The van der Waals surface area contributed by atoms with Gasteiger partial charge < -0.3 is 16.2 Å². The molecule has 5 nitrogen and oxygen atoms in total. The third-order valence-electron chi connectivity index (χ3n) is 4.18. The molecule has 4 N–H and O–H groups in total. The second kappa shape index (κ2) is 7.27. The Balaban J connectivity index is 2.01. The van der Waals surface area contributed by atoms with E-state index >= 15 is 0 Å². The molecule has 126 valence electrons. The van der Waals surface area contributed by atoms with Crippen LogP contribution in [0.1, 0.15) is 41.4 Å². The first-order valence-electron chi connectivity index (χ1n) is 7.73. The van der Waals surface area contributed by atoms with Crippen molar-refractivity contribution in [3.63, 3.8) is 0 Å². The molecule has 2 aromatic rings. The average molecular weight is 326 g/mol. The number of carboxylic acid groups (broad SMARTS) is 1. The molecule has 2 rings (SSSR count). The summed E-state index contributed by atoms with van der Waals surface area (Å²) in [5.41, 5.74) is 7.45. The van der Waals surface area contributed by atoms with Gasteiger partial charge in [0.25, 0.3) is 0 Å². The van der Waals surface area contributed by atoms with Gasteiger partial charge in [-0.3, -0.25) is 4.79 Å². The van der Waals surface area contributed by atoms with E-state index in [4.69, 9.17) is 10.8 Å². The number of aromatic carboxylic acids is 1. The van der Waals surface area contributed by atoms with Crippen molar-refractivity contribution in [1.82, 2.24) is 5.32 Å². The standard InChI is InChI=1S/C19H22N2O3/c1-19(2,16(20)14-6-4-3-5-7-14)18(24)21-12-13-8-10-15(11-9-13)17(22)23/h3-11,16H,12,20H2,1-2H3,(H,21,24)(H,22,23). The Labute approximate surface area is 141 Å². The molecule has 2 aromatic carbocycles. The van der Waals surface area contributed by atoms with Crippen LogP contribution in [0.15, 0.2) is 54.6 Å². The molecule has 0 radical (unpaired) electrons. The zero-order valence-electron chi connectivity index (χ0n) is 13.8. The molecule has 1 atom stereocenters. The normalized spacial score (nSPS) is 12.5. The highest BCUT2D eigenvalue weighted by Crippen LogP contribution is 2.31. The monoisotopic (exact) mass is 326 g/mol. The van der Waals surface area contributed by atoms with Gasteiger partial charge in [-0.1, -0.05) is 42.5 Å². The van der Waals surface area contributed by atoms with Crippen molar-refractivity contribution in [1.29, 1.82) is 0 Å². The zero-order valence-corrected chi connectivity index (χ0v) is 13.8. The van der Waals surface area contributed by atoms with Crippen LogP contribution in [0, 0.1) is 5.41 Å². The van der Waals surface area contributed by atoms with Crippen LogP contribution >= 0.6 is 0 Å². The van der Waals surface area contributed by atoms with Crippen LogP contribution in [-0.2, 0) is 11.3 Å². The van der Waals surface area contributed by atoms with Gasteiger partial charge in [0, 0.05) is 12.6 Å². The SMILES string of the molecule is CC(C)(C(=O)NCc1ccc(C(=O)O)cc1)C(N)c1ccccc1. The Hall–Kier alpha value is -2.66. The van der Waals surface area contributed by atoms with E-state index in [1.165, 1.54) is 12.1 Å². The number of rotatable bonds is 6. The number of hydrogen-bond acceptors (Lipinski definition) is 3. The summed E-state index contributed by atoms with van der Waals surface area (Å²) >= 11 is 0. The highest BCUT2D eigenvalue weighted by atomic mass is 16.4. The van der Waals surface area contributed by atoms with E-state index in [0.29, 0.717) is 6.54 Å². The van der Waals surface area contributed by atoms with Gasteiger partial charge in [0.05, 0.1) is 11.0 Å². The molecule has 0 fully saturated rings. The maximum absolute atomic E-state index is 12.5. The number of nitrogens with two attached hydrogens (primary N) is 1. The first-order chi connectivity index (χ1) is 11.3. The molecule has 0 saturated heterocycles. The topological polar surface area (TPSA) is 92.4 Å². The molecule has 0 aromatic heterocycles. The summed E-state index contributed by atoms with van der Waals surface area (Å²) in [4.78, 5) is 23.4. The highest BCUT2D eigenvalue weighted by molar-refractivity contribution is 5.87. The lowest BCUT2D eigenvalue weighted by molar-refractivity contribution is -0.130. The lowest BCUT2D eigenvalue weighted by Gasteiger charge is -2.30. The predicted molar refractivity (Wildman–Crippen MR) is 92.4 cm³/mol. The van der Waals surface area contributed by atoms with Crippen molar-refractivity contribution < 1.29 is 14.7 Å². The second-order valence-corrected chi connectivity index (χ2v) is 6.29. The van der Waals surface area contributed by atoms with E-state index < -0.39 is 17.4 Å². The van der Waals surface area contributed by atoms with Crippen LogP contribution in [0.4, 0.5) is 0 Å².